The van der Waals surface area contributed by atoms with Gasteiger partial charge in [0.25, 0.3) is 0 Å². The van der Waals surface area contributed by atoms with E-state index in [4.69, 9.17) is 0 Å². The quantitative estimate of drug-likeness (QED) is 0.654. The van der Waals surface area contributed by atoms with Crippen molar-refractivity contribution in [3.8, 4) is 39.5 Å². The van der Waals surface area contributed by atoms with E-state index in [1.165, 1.54) is 0 Å². The van der Waals surface area contributed by atoms with Crippen molar-refractivity contribution in [3.63, 3.8) is 0 Å². The predicted octanol–water partition coefficient (Wildman–Crippen LogP) is 4.45. The van der Waals surface area contributed by atoms with Crippen molar-refractivity contribution in [2.24, 2.45) is 0 Å². The van der Waals surface area contributed by atoms with Gasteiger partial charge in [-0.2, -0.15) is 0 Å². The average Bonchev–Trinajstić information content (AvgIpc) is 2.52. The third-order valence-electron chi connectivity index (χ3n) is 3.77. The third-order valence-corrected chi connectivity index (χ3v) is 3.77. The molecule has 0 radical (unpaired) electrons. The molecular weight excluding hydrogens is 276 g/mol. The van der Waals surface area contributed by atoms with Crippen LogP contribution in [0.1, 0.15) is 5.56 Å². The molecule has 3 aromatic carbocycles. The largest absolute Gasteiger partial charge is 0.508 e. The Hall–Kier alpha value is -2.94. The monoisotopic (exact) mass is 292 g/mol. The van der Waals surface area contributed by atoms with Gasteiger partial charge < -0.3 is 15.3 Å². The molecule has 3 aromatic rings. The van der Waals surface area contributed by atoms with E-state index in [-0.39, 0.29) is 17.2 Å². The lowest BCUT2D eigenvalue weighted by atomic mass is 9.90. The molecule has 0 fully saturated rings. The molecule has 0 bridgehead atoms. The summed E-state index contributed by atoms with van der Waals surface area (Å²) in [7, 11) is 0. The second-order valence-electron chi connectivity index (χ2n) is 5.23. The van der Waals surface area contributed by atoms with E-state index in [0.717, 1.165) is 27.8 Å². The highest BCUT2D eigenvalue weighted by Gasteiger charge is 2.13. The maximum atomic E-state index is 10.0. The van der Waals surface area contributed by atoms with Gasteiger partial charge in [-0.15, -0.1) is 0 Å². The minimum atomic E-state index is 0.202. The fourth-order valence-electron chi connectivity index (χ4n) is 2.58. The summed E-state index contributed by atoms with van der Waals surface area (Å²) in [6.45, 7) is 1.86. The zero-order valence-electron chi connectivity index (χ0n) is 12.1. The van der Waals surface area contributed by atoms with Gasteiger partial charge in [-0.1, -0.05) is 30.3 Å². The van der Waals surface area contributed by atoms with Gasteiger partial charge in [-0.05, 0) is 65.1 Å². The molecule has 3 rings (SSSR count). The molecule has 0 aromatic heterocycles. The van der Waals surface area contributed by atoms with Crippen molar-refractivity contribution in [2.45, 2.75) is 6.92 Å². The van der Waals surface area contributed by atoms with E-state index in [1.807, 2.05) is 37.3 Å². The Morgan fingerprint density at radius 1 is 0.591 bits per heavy atom. The van der Waals surface area contributed by atoms with Crippen LogP contribution < -0.4 is 0 Å². The van der Waals surface area contributed by atoms with Crippen molar-refractivity contribution in [1.29, 1.82) is 0 Å². The van der Waals surface area contributed by atoms with E-state index in [2.05, 4.69) is 0 Å². The number of benzene rings is 3. The van der Waals surface area contributed by atoms with Crippen LogP contribution in [-0.4, -0.2) is 15.3 Å². The Kier molecular flexibility index (Phi) is 3.47. The van der Waals surface area contributed by atoms with Gasteiger partial charge in [0.1, 0.15) is 17.2 Å². The molecular formula is C19H16O3. The number of aromatic hydroxyl groups is 3. The fraction of sp³-hybridized carbons (Fsp3) is 0.0526. The molecule has 3 N–H and O–H groups in total. The lowest BCUT2D eigenvalue weighted by molar-refractivity contribution is 0.471. The molecule has 0 unspecified atom stereocenters. The predicted molar refractivity (Wildman–Crippen MR) is 87.0 cm³/mol. The highest BCUT2D eigenvalue weighted by atomic mass is 16.3. The molecule has 0 aliphatic heterocycles. The number of phenols is 3. The van der Waals surface area contributed by atoms with Crippen LogP contribution in [0.25, 0.3) is 22.3 Å². The average molecular weight is 292 g/mol. The van der Waals surface area contributed by atoms with E-state index >= 15 is 0 Å². The van der Waals surface area contributed by atoms with Crippen molar-refractivity contribution in [3.05, 3.63) is 66.2 Å². The van der Waals surface area contributed by atoms with Crippen LogP contribution in [0.5, 0.6) is 17.2 Å². The molecule has 0 aliphatic rings. The Balaban J connectivity index is 2.25. The van der Waals surface area contributed by atoms with Gasteiger partial charge in [0.05, 0.1) is 0 Å². The normalized spacial score (nSPS) is 10.6. The molecule has 0 saturated carbocycles. The van der Waals surface area contributed by atoms with Crippen LogP contribution >= 0.6 is 0 Å². The van der Waals surface area contributed by atoms with Crippen LogP contribution in [0.15, 0.2) is 60.7 Å². The SMILES string of the molecule is Cc1c(O)ccc(-c2ccc(O)cc2)c1-c1ccc(O)cc1. The van der Waals surface area contributed by atoms with Crippen molar-refractivity contribution >= 4 is 0 Å². The molecule has 0 aliphatic carbocycles. The first-order chi connectivity index (χ1) is 10.6. The first-order valence-electron chi connectivity index (χ1n) is 6.97. The zero-order chi connectivity index (χ0) is 15.7. The van der Waals surface area contributed by atoms with Gasteiger partial charge >= 0.3 is 0 Å². The lowest BCUT2D eigenvalue weighted by Gasteiger charge is -2.15. The van der Waals surface area contributed by atoms with E-state index in [0.29, 0.717) is 0 Å². The van der Waals surface area contributed by atoms with Gasteiger partial charge in [-0.25, -0.2) is 0 Å². The lowest BCUT2D eigenvalue weighted by Crippen LogP contribution is -1.90. The maximum absolute atomic E-state index is 10.0. The molecule has 0 saturated heterocycles. The van der Waals surface area contributed by atoms with E-state index < -0.39 is 0 Å². The highest BCUT2D eigenvalue weighted by molar-refractivity contribution is 5.87. The Bertz CT molecular complexity index is 803. The molecule has 3 nitrogen and oxygen atoms in total. The summed E-state index contributed by atoms with van der Waals surface area (Å²) in [5, 5.41) is 29.0. The van der Waals surface area contributed by atoms with Gasteiger partial charge in [0.2, 0.25) is 0 Å². The number of hydrogen-bond donors (Lipinski definition) is 3. The number of phenolic OH excluding ortho intramolecular Hbond substituents is 3. The molecule has 3 heteroatoms. The Labute approximate surface area is 128 Å². The summed E-state index contributed by atoms with van der Waals surface area (Å²) in [6, 6.07) is 17.4. The zero-order valence-corrected chi connectivity index (χ0v) is 12.1. The number of rotatable bonds is 2. The summed E-state index contributed by atoms with van der Waals surface area (Å²) in [6.07, 6.45) is 0. The van der Waals surface area contributed by atoms with Crippen LogP contribution in [0.3, 0.4) is 0 Å². The fourth-order valence-corrected chi connectivity index (χ4v) is 2.58. The van der Waals surface area contributed by atoms with Crippen LogP contribution in [0.2, 0.25) is 0 Å². The Morgan fingerprint density at radius 3 is 1.64 bits per heavy atom. The maximum Gasteiger partial charge on any atom is 0.119 e. The topological polar surface area (TPSA) is 60.7 Å². The minimum absolute atomic E-state index is 0.202. The summed E-state index contributed by atoms with van der Waals surface area (Å²) in [4.78, 5) is 0. The first kappa shape index (κ1) is 14.0. The summed E-state index contributed by atoms with van der Waals surface area (Å²) in [5.41, 5.74) is 4.50. The van der Waals surface area contributed by atoms with Crippen LogP contribution in [0.4, 0.5) is 0 Å². The Morgan fingerprint density at radius 2 is 1.09 bits per heavy atom. The van der Waals surface area contributed by atoms with E-state index in [1.54, 1.807) is 30.3 Å². The van der Waals surface area contributed by atoms with Crippen molar-refractivity contribution < 1.29 is 15.3 Å². The van der Waals surface area contributed by atoms with Crippen LogP contribution in [-0.2, 0) is 0 Å². The van der Waals surface area contributed by atoms with E-state index in [9.17, 15) is 15.3 Å². The molecule has 0 heterocycles. The molecule has 0 amide bonds. The van der Waals surface area contributed by atoms with Crippen molar-refractivity contribution in [1.82, 2.24) is 0 Å². The van der Waals surface area contributed by atoms with Crippen molar-refractivity contribution in [2.75, 3.05) is 0 Å². The molecule has 110 valence electrons. The van der Waals surface area contributed by atoms with Gasteiger partial charge in [0, 0.05) is 0 Å². The van der Waals surface area contributed by atoms with Gasteiger partial charge in [-0.3, -0.25) is 0 Å². The summed E-state index contributed by atoms with van der Waals surface area (Å²) >= 11 is 0. The summed E-state index contributed by atoms with van der Waals surface area (Å²) < 4.78 is 0. The molecule has 0 spiro atoms. The molecule has 0 atom stereocenters. The summed E-state index contributed by atoms with van der Waals surface area (Å²) in [5.74, 6) is 0.642. The number of hydrogen-bond acceptors (Lipinski definition) is 3. The standard InChI is InChI=1S/C19H16O3/c1-12-18(22)11-10-17(13-2-6-15(20)7-3-13)19(12)14-4-8-16(21)9-5-14/h2-11,20-22H,1H3. The first-order valence-corrected chi connectivity index (χ1v) is 6.97. The minimum Gasteiger partial charge on any atom is -0.508 e. The highest BCUT2D eigenvalue weighted by Crippen LogP contribution is 2.39. The second-order valence-corrected chi connectivity index (χ2v) is 5.23. The molecule has 22 heavy (non-hydrogen) atoms. The second kappa shape index (κ2) is 5.45. The third kappa shape index (κ3) is 2.49. The van der Waals surface area contributed by atoms with Gasteiger partial charge in [0.15, 0.2) is 0 Å². The smallest absolute Gasteiger partial charge is 0.119 e. The van der Waals surface area contributed by atoms with Crippen LogP contribution in [0, 0.1) is 6.92 Å².